The maximum atomic E-state index is 2.69. The fourth-order valence-electron chi connectivity index (χ4n) is 3.07. The second-order valence-electron chi connectivity index (χ2n) is 6.88. The molecule has 3 nitrogen and oxygen atoms in total. The van der Waals surface area contributed by atoms with Gasteiger partial charge in [-0.3, -0.25) is 4.90 Å². The SMILES string of the molecule is CC(C)N1CCN(CC2CCN(C)CC2)CC1.CCC. The molecule has 2 aliphatic heterocycles. The topological polar surface area (TPSA) is 9.72 Å². The van der Waals surface area contributed by atoms with Gasteiger partial charge in [0.25, 0.3) is 0 Å². The Morgan fingerprint density at radius 3 is 1.85 bits per heavy atom. The van der Waals surface area contributed by atoms with Crippen molar-refractivity contribution in [2.24, 2.45) is 5.92 Å². The first-order valence-electron chi connectivity index (χ1n) is 8.71. The first-order valence-corrected chi connectivity index (χ1v) is 8.71. The van der Waals surface area contributed by atoms with E-state index < -0.39 is 0 Å². The molecule has 0 aromatic carbocycles. The summed E-state index contributed by atoms with van der Waals surface area (Å²) in [6, 6.07) is 0.723. The molecular formula is C17H37N3. The van der Waals surface area contributed by atoms with Gasteiger partial charge in [-0.05, 0) is 52.7 Å². The predicted octanol–water partition coefficient (Wildman–Crippen LogP) is 2.77. The summed E-state index contributed by atoms with van der Waals surface area (Å²) in [6.45, 7) is 17.9. The van der Waals surface area contributed by atoms with E-state index in [2.05, 4.69) is 49.4 Å². The molecule has 2 heterocycles. The summed E-state index contributed by atoms with van der Waals surface area (Å²) in [4.78, 5) is 7.76. The molecule has 0 bridgehead atoms. The highest BCUT2D eigenvalue weighted by molar-refractivity contribution is 4.78. The maximum Gasteiger partial charge on any atom is 0.0113 e. The molecule has 2 rings (SSSR count). The fraction of sp³-hybridized carbons (Fsp3) is 1.00. The third-order valence-corrected chi connectivity index (χ3v) is 4.49. The van der Waals surface area contributed by atoms with Crippen molar-refractivity contribution in [2.75, 3.05) is 52.9 Å². The van der Waals surface area contributed by atoms with Gasteiger partial charge in [0, 0.05) is 38.8 Å². The number of hydrogen-bond acceptors (Lipinski definition) is 3. The van der Waals surface area contributed by atoms with Gasteiger partial charge in [0.2, 0.25) is 0 Å². The number of piperazine rings is 1. The number of likely N-dealkylation sites (tertiary alicyclic amines) is 1. The van der Waals surface area contributed by atoms with Crippen LogP contribution in [0.3, 0.4) is 0 Å². The fourth-order valence-corrected chi connectivity index (χ4v) is 3.07. The van der Waals surface area contributed by atoms with Gasteiger partial charge in [0.15, 0.2) is 0 Å². The first-order chi connectivity index (χ1) is 9.56. The molecule has 0 unspecified atom stereocenters. The van der Waals surface area contributed by atoms with Gasteiger partial charge in [0.1, 0.15) is 0 Å². The second kappa shape index (κ2) is 9.75. The van der Waals surface area contributed by atoms with E-state index in [1.54, 1.807) is 0 Å². The van der Waals surface area contributed by atoms with Crippen LogP contribution in [0, 0.1) is 5.92 Å². The molecule has 0 aliphatic carbocycles. The average molecular weight is 284 g/mol. The summed E-state index contributed by atoms with van der Waals surface area (Å²) >= 11 is 0. The van der Waals surface area contributed by atoms with E-state index in [0.29, 0.717) is 0 Å². The molecule has 0 N–H and O–H groups in total. The molecule has 2 saturated heterocycles. The van der Waals surface area contributed by atoms with Crippen molar-refractivity contribution < 1.29 is 0 Å². The number of hydrogen-bond donors (Lipinski definition) is 0. The van der Waals surface area contributed by atoms with Crippen LogP contribution in [0.1, 0.15) is 47.0 Å². The molecule has 0 radical (unpaired) electrons. The van der Waals surface area contributed by atoms with Crippen LogP contribution in [0.25, 0.3) is 0 Å². The third-order valence-electron chi connectivity index (χ3n) is 4.49. The lowest BCUT2D eigenvalue weighted by Gasteiger charge is -2.39. The van der Waals surface area contributed by atoms with E-state index in [1.807, 2.05) is 0 Å². The highest BCUT2D eigenvalue weighted by atomic mass is 15.3. The van der Waals surface area contributed by atoms with Crippen molar-refractivity contribution >= 4 is 0 Å². The molecule has 0 amide bonds. The predicted molar refractivity (Wildman–Crippen MR) is 89.3 cm³/mol. The normalized spacial score (nSPS) is 23.7. The van der Waals surface area contributed by atoms with Gasteiger partial charge in [-0.25, -0.2) is 0 Å². The Morgan fingerprint density at radius 1 is 0.900 bits per heavy atom. The zero-order valence-corrected chi connectivity index (χ0v) is 14.6. The minimum Gasteiger partial charge on any atom is -0.306 e. The Morgan fingerprint density at radius 2 is 1.40 bits per heavy atom. The highest BCUT2D eigenvalue weighted by Crippen LogP contribution is 2.18. The summed E-state index contributed by atoms with van der Waals surface area (Å²) in [7, 11) is 2.25. The lowest BCUT2D eigenvalue weighted by atomic mass is 9.96. The number of piperidine rings is 1. The van der Waals surface area contributed by atoms with Crippen LogP contribution in [0.2, 0.25) is 0 Å². The van der Waals surface area contributed by atoms with Crippen molar-refractivity contribution in [2.45, 2.75) is 53.0 Å². The van der Waals surface area contributed by atoms with Crippen molar-refractivity contribution in [3.05, 3.63) is 0 Å². The summed E-state index contributed by atoms with van der Waals surface area (Å²) < 4.78 is 0. The molecule has 2 aliphatic rings. The Labute approximate surface area is 127 Å². The van der Waals surface area contributed by atoms with Gasteiger partial charge >= 0.3 is 0 Å². The molecular weight excluding hydrogens is 246 g/mol. The van der Waals surface area contributed by atoms with Crippen molar-refractivity contribution in [1.82, 2.24) is 14.7 Å². The van der Waals surface area contributed by atoms with Gasteiger partial charge in [-0.1, -0.05) is 20.3 Å². The zero-order chi connectivity index (χ0) is 15.0. The van der Waals surface area contributed by atoms with Crippen LogP contribution in [-0.2, 0) is 0 Å². The van der Waals surface area contributed by atoms with Crippen molar-refractivity contribution in [1.29, 1.82) is 0 Å². The lowest BCUT2D eigenvalue weighted by Crippen LogP contribution is -2.50. The first kappa shape index (κ1) is 17.9. The zero-order valence-electron chi connectivity index (χ0n) is 14.6. The Bertz CT molecular complexity index is 226. The summed E-state index contributed by atoms with van der Waals surface area (Å²) in [5, 5.41) is 0. The second-order valence-corrected chi connectivity index (χ2v) is 6.88. The highest BCUT2D eigenvalue weighted by Gasteiger charge is 2.23. The monoisotopic (exact) mass is 283 g/mol. The van der Waals surface area contributed by atoms with Crippen LogP contribution in [0.15, 0.2) is 0 Å². The van der Waals surface area contributed by atoms with E-state index in [-0.39, 0.29) is 0 Å². The summed E-state index contributed by atoms with van der Waals surface area (Å²) in [5.74, 6) is 0.955. The summed E-state index contributed by atoms with van der Waals surface area (Å²) in [6.07, 6.45) is 4.06. The van der Waals surface area contributed by atoms with Crippen molar-refractivity contribution in [3.8, 4) is 0 Å². The number of nitrogens with zero attached hydrogens (tertiary/aromatic N) is 3. The molecule has 2 fully saturated rings. The van der Waals surface area contributed by atoms with Gasteiger partial charge in [-0.15, -0.1) is 0 Å². The van der Waals surface area contributed by atoms with E-state index in [1.165, 1.54) is 65.1 Å². The molecule has 0 atom stereocenters. The molecule has 3 heteroatoms. The largest absolute Gasteiger partial charge is 0.306 e. The number of rotatable bonds is 3. The Hall–Kier alpha value is -0.120. The molecule has 0 spiro atoms. The molecule has 0 aromatic rings. The minimum absolute atomic E-state index is 0.723. The van der Waals surface area contributed by atoms with Gasteiger partial charge < -0.3 is 9.80 Å². The molecule has 0 aromatic heterocycles. The minimum atomic E-state index is 0.723. The smallest absolute Gasteiger partial charge is 0.0113 e. The third kappa shape index (κ3) is 6.55. The van der Waals surface area contributed by atoms with Gasteiger partial charge in [0.05, 0.1) is 0 Å². The maximum absolute atomic E-state index is 2.69. The standard InChI is InChI=1S/C14H29N3.C3H8/c1-13(2)17-10-8-16(9-11-17)12-14-4-6-15(3)7-5-14;1-3-2/h13-14H,4-12H2,1-3H3;3H2,1-2H3. The van der Waals surface area contributed by atoms with E-state index in [4.69, 9.17) is 0 Å². The molecule has 20 heavy (non-hydrogen) atoms. The lowest BCUT2D eigenvalue weighted by molar-refractivity contribution is 0.0843. The van der Waals surface area contributed by atoms with Crippen LogP contribution in [0.4, 0.5) is 0 Å². The quantitative estimate of drug-likeness (QED) is 0.788. The van der Waals surface area contributed by atoms with Crippen LogP contribution < -0.4 is 0 Å². The molecule has 120 valence electrons. The molecule has 0 saturated carbocycles. The Balaban J connectivity index is 0.000000612. The van der Waals surface area contributed by atoms with Gasteiger partial charge in [-0.2, -0.15) is 0 Å². The average Bonchev–Trinajstić information content (AvgIpc) is 2.43. The van der Waals surface area contributed by atoms with Crippen molar-refractivity contribution in [3.63, 3.8) is 0 Å². The van der Waals surface area contributed by atoms with E-state index >= 15 is 0 Å². The van der Waals surface area contributed by atoms with Crippen LogP contribution in [0.5, 0.6) is 0 Å². The Kier molecular flexibility index (Phi) is 8.74. The van der Waals surface area contributed by atoms with E-state index in [0.717, 1.165) is 12.0 Å². The van der Waals surface area contributed by atoms with Crippen LogP contribution >= 0.6 is 0 Å². The van der Waals surface area contributed by atoms with Crippen LogP contribution in [-0.4, -0.2) is 73.6 Å². The van der Waals surface area contributed by atoms with E-state index in [9.17, 15) is 0 Å². The summed E-state index contributed by atoms with van der Waals surface area (Å²) in [5.41, 5.74) is 0.